The Hall–Kier alpha value is -3.12. The SMILES string of the molecule is C[C@]1(O)Cc2[nH][nH]c(=O)c2[C@@H](c2ccccc2)[C@H]1C(=O)Nc1ccccc1. The van der Waals surface area contributed by atoms with Crippen LogP contribution in [-0.2, 0) is 11.2 Å². The van der Waals surface area contributed by atoms with Gasteiger partial charge < -0.3 is 15.5 Å². The molecular weight excluding hydrogens is 342 g/mol. The second-order valence-electron chi connectivity index (χ2n) is 7.23. The third-order valence-electron chi connectivity index (χ3n) is 5.23. The third kappa shape index (κ3) is 3.08. The number of hydrogen-bond acceptors (Lipinski definition) is 3. The summed E-state index contributed by atoms with van der Waals surface area (Å²) >= 11 is 0. The van der Waals surface area contributed by atoms with Gasteiger partial charge in [-0.3, -0.25) is 14.7 Å². The smallest absolute Gasteiger partial charge is 0.267 e. The molecule has 6 nitrogen and oxygen atoms in total. The van der Waals surface area contributed by atoms with E-state index in [0.717, 1.165) is 5.56 Å². The van der Waals surface area contributed by atoms with Gasteiger partial charge in [0, 0.05) is 29.3 Å². The molecule has 4 N–H and O–H groups in total. The van der Waals surface area contributed by atoms with Crippen molar-refractivity contribution in [3.05, 3.63) is 87.8 Å². The van der Waals surface area contributed by atoms with Crippen LogP contribution in [0.4, 0.5) is 5.69 Å². The average molecular weight is 363 g/mol. The Labute approximate surface area is 156 Å². The van der Waals surface area contributed by atoms with E-state index in [1.165, 1.54) is 0 Å². The molecule has 3 aromatic rings. The summed E-state index contributed by atoms with van der Waals surface area (Å²) in [4.78, 5) is 25.7. The molecule has 2 aromatic carbocycles. The van der Waals surface area contributed by atoms with E-state index in [-0.39, 0.29) is 17.9 Å². The number of fused-ring (bicyclic) bond motifs is 1. The summed E-state index contributed by atoms with van der Waals surface area (Å²) in [5.74, 6) is -1.68. The highest BCUT2D eigenvalue weighted by atomic mass is 16.3. The van der Waals surface area contributed by atoms with Crippen LogP contribution >= 0.6 is 0 Å². The normalized spacial score (nSPS) is 24.2. The fraction of sp³-hybridized carbons (Fsp3) is 0.238. The molecule has 4 rings (SSSR count). The average Bonchev–Trinajstić information content (AvgIpc) is 3.01. The Balaban J connectivity index is 1.82. The first-order valence-electron chi connectivity index (χ1n) is 8.90. The summed E-state index contributed by atoms with van der Waals surface area (Å²) in [5, 5.41) is 19.5. The van der Waals surface area contributed by atoms with Gasteiger partial charge in [-0.15, -0.1) is 0 Å². The van der Waals surface area contributed by atoms with E-state index >= 15 is 0 Å². The monoisotopic (exact) mass is 363 g/mol. The van der Waals surface area contributed by atoms with Crippen LogP contribution in [0.5, 0.6) is 0 Å². The summed E-state index contributed by atoms with van der Waals surface area (Å²) in [6.07, 6.45) is 0.192. The number of H-pyrrole nitrogens is 2. The van der Waals surface area contributed by atoms with E-state index in [0.29, 0.717) is 16.9 Å². The first kappa shape index (κ1) is 17.3. The lowest BCUT2D eigenvalue weighted by atomic mass is 9.66. The molecule has 1 amide bonds. The molecule has 0 aliphatic heterocycles. The van der Waals surface area contributed by atoms with Crippen molar-refractivity contribution in [2.24, 2.45) is 5.92 Å². The van der Waals surface area contributed by atoms with Crippen LogP contribution < -0.4 is 10.9 Å². The van der Waals surface area contributed by atoms with Crippen LogP contribution in [-0.4, -0.2) is 26.8 Å². The highest BCUT2D eigenvalue weighted by Crippen LogP contribution is 2.44. The van der Waals surface area contributed by atoms with Crippen molar-refractivity contribution in [3.8, 4) is 0 Å². The maximum Gasteiger partial charge on any atom is 0.267 e. The molecule has 0 saturated heterocycles. The molecule has 3 atom stereocenters. The van der Waals surface area contributed by atoms with Crippen molar-refractivity contribution in [3.63, 3.8) is 0 Å². The molecule has 27 heavy (non-hydrogen) atoms. The number of nitrogens with one attached hydrogen (secondary N) is 3. The number of carbonyl (C=O) groups excluding carboxylic acids is 1. The van der Waals surface area contributed by atoms with Crippen molar-refractivity contribution in [1.82, 2.24) is 10.2 Å². The van der Waals surface area contributed by atoms with Crippen LogP contribution in [0.2, 0.25) is 0 Å². The van der Waals surface area contributed by atoms with E-state index in [1.54, 1.807) is 19.1 Å². The predicted molar refractivity (Wildman–Crippen MR) is 103 cm³/mol. The second kappa shape index (κ2) is 6.55. The number of aromatic amines is 2. The lowest BCUT2D eigenvalue weighted by molar-refractivity contribution is -0.130. The highest BCUT2D eigenvalue weighted by Gasteiger charge is 2.50. The van der Waals surface area contributed by atoms with Crippen molar-refractivity contribution >= 4 is 11.6 Å². The molecule has 0 radical (unpaired) electrons. The minimum Gasteiger partial charge on any atom is -0.389 e. The fourth-order valence-electron chi connectivity index (χ4n) is 4.06. The maximum atomic E-state index is 13.2. The summed E-state index contributed by atoms with van der Waals surface area (Å²) < 4.78 is 0. The topological polar surface area (TPSA) is 98.0 Å². The standard InChI is InChI=1S/C21H21N3O3/c1-21(27)12-15-17(19(25)24-23-15)16(13-8-4-2-5-9-13)18(21)20(26)22-14-10-6-3-7-11-14/h2-11,16,18,27H,12H2,1H3,(H,22,26)(H2,23,24,25)/t16-,18+,21+/m1/s1. The van der Waals surface area contributed by atoms with Crippen LogP contribution in [0.25, 0.3) is 0 Å². The van der Waals surface area contributed by atoms with Gasteiger partial charge >= 0.3 is 0 Å². The van der Waals surface area contributed by atoms with Crippen LogP contribution in [0, 0.1) is 5.92 Å². The predicted octanol–water partition coefficient (Wildman–Crippen LogP) is 2.40. The number of aliphatic hydroxyl groups is 1. The fourth-order valence-corrected chi connectivity index (χ4v) is 4.06. The van der Waals surface area contributed by atoms with Gasteiger partial charge in [-0.2, -0.15) is 0 Å². The molecule has 1 heterocycles. The van der Waals surface area contributed by atoms with E-state index in [2.05, 4.69) is 15.5 Å². The van der Waals surface area contributed by atoms with Crippen LogP contribution in [0.3, 0.4) is 0 Å². The van der Waals surface area contributed by atoms with E-state index in [9.17, 15) is 14.7 Å². The highest BCUT2D eigenvalue weighted by molar-refractivity contribution is 5.94. The number of hydrogen-bond donors (Lipinski definition) is 4. The number of benzene rings is 2. The summed E-state index contributed by atoms with van der Waals surface area (Å²) in [6, 6.07) is 18.5. The summed E-state index contributed by atoms with van der Waals surface area (Å²) in [7, 11) is 0. The van der Waals surface area contributed by atoms with Gasteiger partial charge in [0.05, 0.1) is 11.5 Å². The minimum absolute atomic E-state index is 0.192. The zero-order chi connectivity index (χ0) is 19.0. The van der Waals surface area contributed by atoms with E-state index in [4.69, 9.17) is 0 Å². The molecule has 0 unspecified atom stereocenters. The molecule has 138 valence electrons. The molecular formula is C21H21N3O3. The van der Waals surface area contributed by atoms with E-state index < -0.39 is 17.4 Å². The summed E-state index contributed by atoms with van der Waals surface area (Å²) in [5.41, 5.74) is 1.05. The van der Waals surface area contributed by atoms with Gasteiger partial charge in [-0.05, 0) is 24.6 Å². The zero-order valence-corrected chi connectivity index (χ0v) is 14.9. The molecule has 1 aliphatic carbocycles. The van der Waals surface area contributed by atoms with Gasteiger partial charge in [-0.25, -0.2) is 0 Å². The third-order valence-corrected chi connectivity index (χ3v) is 5.23. The molecule has 0 fully saturated rings. The van der Waals surface area contributed by atoms with Crippen molar-refractivity contribution < 1.29 is 9.90 Å². The van der Waals surface area contributed by atoms with Crippen molar-refractivity contribution in [1.29, 1.82) is 0 Å². The van der Waals surface area contributed by atoms with E-state index in [1.807, 2.05) is 48.5 Å². The van der Waals surface area contributed by atoms with Gasteiger partial charge in [0.15, 0.2) is 0 Å². The van der Waals surface area contributed by atoms with Gasteiger partial charge in [0.25, 0.3) is 5.56 Å². The molecule has 1 aliphatic rings. The number of amides is 1. The molecule has 0 spiro atoms. The zero-order valence-electron chi connectivity index (χ0n) is 14.9. The second-order valence-corrected chi connectivity index (χ2v) is 7.23. The largest absolute Gasteiger partial charge is 0.389 e. The first-order chi connectivity index (χ1) is 13.0. The van der Waals surface area contributed by atoms with Gasteiger partial charge in [0.2, 0.25) is 5.91 Å². The van der Waals surface area contributed by atoms with Crippen LogP contribution in [0.15, 0.2) is 65.5 Å². The van der Waals surface area contributed by atoms with Crippen LogP contribution in [0.1, 0.15) is 29.7 Å². The lowest BCUT2D eigenvalue weighted by Crippen LogP contribution is -2.51. The quantitative estimate of drug-likeness (QED) is 0.575. The Morgan fingerprint density at radius 1 is 1.07 bits per heavy atom. The van der Waals surface area contributed by atoms with Crippen molar-refractivity contribution in [2.75, 3.05) is 5.32 Å². The lowest BCUT2D eigenvalue weighted by Gasteiger charge is -2.41. The number of anilines is 1. The Morgan fingerprint density at radius 3 is 2.37 bits per heavy atom. The Bertz CT molecular complexity index is 1010. The number of carbonyl (C=O) groups is 1. The number of aromatic nitrogens is 2. The Kier molecular flexibility index (Phi) is 4.20. The minimum atomic E-state index is -1.32. The summed E-state index contributed by atoms with van der Waals surface area (Å²) in [6.45, 7) is 1.65. The van der Waals surface area contributed by atoms with Gasteiger partial charge in [0.1, 0.15) is 0 Å². The molecule has 0 saturated carbocycles. The molecule has 1 aromatic heterocycles. The first-order valence-corrected chi connectivity index (χ1v) is 8.90. The van der Waals surface area contributed by atoms with Crippen molar-refractivity contribution in [2.45, 2.75) is 24.9 Å². The van der Waals surface area contributed by atoms with Gasteiger partial charge in [-0.1, -0.05) is 48.5 Å². The molecule has 0 bridgehead atoms. The Morgan fingerprint density at radius 2 is 1.70 bits per heavy atom. The number of rotatable bonds is 3. The maximum absolute atomic E-state index is 13.2. The number of para-hydroxylation sites is 1. The molecule has 6 heteroatoms.